The molecule has 166 valence electrons. The number of carbonyl (C=O) groups is 1. The third kappa shape index (κ3) is 4.90. The molecule has 0 aromatic heterocycles. The average molecular weight is 474 g/mol. The molecule has 1 amide bonds. The van der Waals surface area contributed by atoms with Crippen LogP contribution < -0.4 is 9.62 Å². The van der Waals surface area contributed by atoms with E-state index in [4.69, 9.17) is 11.6 Å². The summed E-state index contributed by atoms with van der Waals surface area (Å²) in [7, 11) is -4.09. The van der Waals surface area contributed by atoms with E-state index in [1.54, 1.807) is 37.3 Å². The number of nitro benzene ring substituents is 1. The van der Waals surface area contributed by atoms with Crippen molar-refractivity contribution in [3.63, 3.8) is 0 Å². The third-order valence-electron chi connectivity index (χ3n) is 4.82. The van der Waals surface area contributed by atoms with Crippen molar-refractivity contribution in [2.24, 2.45) is 0 Å². The van der Waals surface area contributed by atoms with Crippen LogP contribution in [0.25, 0.3) is 0 Å². The Morgan fingerprint density at radius 2 is 1.75 bits per heavy atom. The number of hydrogen-bond acceptors (Lipinski definition) is 5. The maximum atomic E-state index is 13.4. The van der Waals surface area contributed by atoms with E-state index in [1.807, 2.05) is 0 Å². The molecule has 3 rings (SSSR count). The summed E-state index contributed by atoms with van der Waals surface area (Å²) in [5.41, 5.74) is 1.21. The number of nitrogens with one attached hydrogen (secondary N) is 1. The fourth-order valence-electron chi connectivity index (χ4n) is 3.19. The van der Waals surface area contributed by atoms with Crippen LogP contribution in [0.5, 0.6) is 0 Å². The zero-order valence-corrected chi connectivity index (χ0v) is 18.9. The molecule has 1 N–H and O–H groups in total. The van der Waals surface area contributed by atoms with Crippen molar-refractivity contribution in [3.8, 4) is 0 Å². The maximum absolute atomic E-state index is 13.4. The van der Waals surface area contributed by atoms with Crippen LogP contribution in [0.1, 0.15) is 11.1 Å². The van der Waals surface area contributed by atoms with Gasteiger partial charge in [0.15, 0.2) is 0 Å². The van der Waals surface area contributed by atoms with Gasteiger partial charge >= 0.3 is 0 Å². The molecule has 10 heteroatoms. The van der Waals surface area contributed by atoms with Gasteiger partial charge in [-0.15, -0.1) is 0 Å². The quantitative estimate of drug-likeness (QED) is 0.395. The Hall–Kier alpha value is -3.43. The molecule has 8 nitrogen and oxygen atoms in total. The van der Waals surface area contributed by atoms with Crippen molar-refractivity contribution < 1.29 is 18.1 Å². The molecular weight excluding hydrogens is 454 g/mol. The number of aryl methyl sites for hydroxylation is 1. The van der Waals surface area contributed by atoms with Crippen LogP contribution >= 0.6 is 11.6 Å². The fraction of sp³-hybridized carbons (Fsp3) is 0.136. The van der Waals surface area contributed by atoms with E-state index in [9.17, 15) is 23.3 Å². The molecule has 0 spiro atoms. The Bertz CT molecular complexity index is 1280. The topological polar surface area (TPSA) is 110 Å². The highest BCUT2D eigenvalue weighted by Crippen LogP contribution is 2.29. The van der Waals surface area contributed by atoms with Crippen LogP contribution in [-0.4, -0.2) is 25.8 Å². The Kier molecular flexibility index (Phi) is 6.81. The minimum Gasteiger partial charge on any atom is -0.324 e. The van der Waals surface area contributed by atoms with E-state index in [-0.39, 0.29) is 21.8 Å². The first-order valence-corrected chi connectivity index (χ1v) is 11.3. The SMILES string of the molecule is Cc1cc(Cl)ccc1N(CC(=O)Nc1cccc([N+](=O)[O-])c1C)S(=O)(=O)c1ccccc1. The molecule has 0 radical (unpaired) electrons. The highest BCUT2D eigenvalue weighted by molar-refractivity contribution is 7.92. The summed E-state index contributed by atoms with van der Waals surface area (Å²) in [6, 6.07) is 16.7. The second kappa shape index (κ2) is 9.37. The van der Waals surface area contributed by atoms with E-state index < -0.39 is 27.4 Å². The molecule has 0 aliphatic rings. The molecule has 0 saturated carbocycles. The number of hydrogen-bond donors (Lipinski definition) is 1. The minimum atomic E-state index is -4.09. The minimum absolute atomic E-state index is 0.0219. The van der Waals surface area contributed by atoms with Crippen molar-refractivity contribution in [1.82, 2.24) is 0 Å². The van der Waals surface area contributed by atoms with Gasteiger partial charge in [0.25, 0.3) is 15.7 Å². The Balaban J connectivity index is 1.99. The second-order valence-electron chi connectivity index (χ2n) is 7.01. The van der Waals surface area contributed by atoms with Gasteiger partial charge in [0.1, 0.15) is 6.54 Å². The number of rotatable bonds is 7. The molecule has 3 aromatic carbocycles. The first-order valence-electron chi connectivity index (χ1n) is 9.49. The summed E-state index contributed by atoms with van der Waals surface area (Å²) < 4.78 is 27.8. The van der Waals surface area contributed by atoms with Gasteiger partial charge in [0.05, 0.1) is 26.8 Å². The lowest BCUT2D eigenvalue weighted by Gasteiger charge is -2.26. The second-order valence-corrected chi connectivity index (χ2v) is 9.31. The molecule has 3 aromatic rings. The summed E-state index contributed by atoms with van der Waals surface area (Å²) in [5.74, 6) is -0.651. The van der Waals surface area contributed by atoms with Crippen molar-refractivity contribution in [2.75, 3.05) is 16.2 Å². The molecule has 0 atom stereocenters. The molecule has 0 unspecified atom stereocenters. The summed E-state index contributed by atoms with van der Waals surface area (Å²) >= 11 is 6.02. The highest BCUT2D eigenvalue weighted by Gasteiger charge is 2.28. The van der Waals surface area contributed by atoms with Crippen molar-refractivity contribution in [2.45, 2.75) is 18.7 Å². The maximum Gasteiger partial charge on any atom is 0.274 e. The van der Waals surface area contributed by atoms with E-state index in [0.717, 1.165) is 4.31 Å². The third-order valence-corrected chi connectivity index (χ3v) is 6.83. The number of amides is 1. The van der Waals surface area contributed by atoms with Gasteiger partial charge in [-0.1, -0.05) is 35.9 Å². The number of nitrogens with zero attached hydrogens (tertiary/aromatic N) is 2. The van der Waals surface area contributed by atoms with Crippen molar-refractivity contribution in [3.05, 3.63) is 93.0 Å². The summed E-state index contributed by atoms with van der Waals surface area (Å²) in [5, 5.41) is 14.2. The highest BCUT2D eigenvalue weighted by atomic mass is 35.5. The predicted octanol–water partition coefficient (Wildman–Crippen LogP) is 4.70. The fourth-order valence-corrected chi connectivity index (χ4v) is 4.93. The van der Waals surface area contributed by atoms with Gasteiger partial charge in [-0.25, -0.2) is 8.42 Å². The molecule has 0 bridgehead atoms. The summed E-state index contributed by atoms with van der Waals surface area (Å²) in [6.45, 7) is 2.66. The normalized spacial score (nSPS) is 11.1. The van der Waals surface area contributed by atoms with Gasteiger partial charge in [0.2, 0.25) is 5.91 Å². The number of anilines is 2. The average Bonchev–Trinajstić information content (AvgIpc) is 2.74. The summed E-state index contributed by atoms with van der Waals surface area (Å²) in [4.78, 5) is 23.5. The monoisotopic (exact) mass is 473 g/mol. The Morgan fingerprint density at radius 1 is 1.06 bits per heavy atom. The van der Waals surface area contributed by atoms with Gasteiger partial charge in [-0.05, 0) is 55.8 Å². The van der Waals surface area contributed by atoms with Gasteiger partial charge < -0.3 is 5.32 Å². The molecule has 0 heterocycles. The number of halogens is 1. The molecule has 32 heavy (non-hydrogen) atoms. The zero-order valence-electron chi connectivity index (χ0n) is 17.3. The molecule has 0 aliphatic heterocycles. The van der Waals surface area contributed by atoms with Gasteiger partial charge in [-0.2, -0.15) is 0 Å². The number of nitro groups is 1. The number of benzene rings is 3. The van der Waals surface area contributed by atoms with E-state index >= 15 is 0 Å². The van der Waals surface area contributed by atoms with Gasteiger partial charge in [0, 0.05) is 11.1 Å². The van der Waals surface area contributed by atoms with E-state index in [2.05, 4.69) is 5.32 Å². The van der Waals surface area contributed by atoms with Crippen LogP contribution in [0, 0.1) is 24.0 Å². The van der Waals surface area contributed by atoms with Crippen LogP contribution in [0.3, 0.4) is 0 Å². The predicted molar refractivity (Wildman–Crippen MR) is 124 cm³/mol. The smallest absolute Gasteiger partial charge is 0.274 e. The van der Waals surface area contributed by atoms with E-state index in [0.29, 0.717) is 16.3 Å². The lowest BCUT2D eigenvalue weighted by Crippen LogP contribution is -2.38. The van der Waals surface area contributed by atoms with Crippen LogP contribution in [0.15, 0.2) is 71.6 Å². The largest absolute Gasteiger partial charge is 0.324 e. The zero-order chi connectivity index (χ0) is 23.5. The number of sulfonamides is 1. The van der Waals surface area contributed by atoms with Crippen LogP contribution in [0.2, 0.25) is 5.02 Å². The molecule has 0 fully saturated rings. The Labute approximate surface area is 190 Å². The first kappa shape index (κ1) is 23.2. The lowest BCUT2D eigenvalue weighted by atomic mass is 10.1. The van der Waals surface area contributed by atoms with Gasteiger partial charge in [-0.3, -0.25) is 19.2 Å². The summed E-state index contributed by atoms with van der Waals surface area (Å²) in [6.07, 6.45) is 0. The lowest BCUT2D eigenvalue weighted by molar-refractivity contribution is -0.385. The van der Waals surface area contributed by atoms with Crippen molar-refractivity contribution in [1.29, 1.82) is 0 Å². The standard InChI is InChI=1S/C22H20ClN3O5S/c1-15-13-17(23)11-12-20(15)25(32(30,31)18-7-4-3-5-8-18)14-22(27)24-19-9-6-10-21(16(19)2)26(28)29/h3-13H,14H2,1-2H3,(H,24,27). The van der Waals surface area contributed by atoms with Crippen LogP contribution in [-0.2, 0) is 14.8 Å². The van der Waals surface area contributed by atoms with Crippen LogP contribution in [0.4, 0.5) is 17.1 Å². The number of carbonyl (C=O) groups excluding carboxylic acids is 1. The van der Waals surface area contributed by atoms with Crippen molar-refractivity contribution >= 4 is 44.6 Å². The molecule has 0 saturated heterocycles. The Morgan fingerprint density at radius 3 is 2.38 bits per heavy atom. The van der Waals surface area contributed by atoms with E-state index in [1.165, 1.54) is 43.3 Å². The molecule has 0 aliphatic carbocycles. The molecular formula is C22H20ClN3O5S. The first-order chi connectivity index (χ1) is 15.1.